The summed E-state index contributed by atoms with van der Waals surface area (Å²) >= 11 is 11.1. The van der Waals surface area contributed by atoms with Gasteiger partial charge in [-0.3, -0.25) is 28.8 Å². The minimum absolute atomic E-state index is 0.0410. The molecule has 0 saturated heterocycles. The summed E-state index contributed by atoms with van der Waals surface area (Å²) in [6.45, 7) is -1.00. The van der Waals surface area contributed by atoms with Crippen LogP contribution in [0.15, 0.2) is 0 Å². The van der Waals surface area contributed by atoms with Crippen molar-refractivity contribution in [2.75, 3.05) is 49.3 Å². The first-order chi connectivity index (χ1) is 29.0. The number of ketones is 4. The molecule has 4 unspecified atom stereocenters. The van der Waals surface area contributed by atoms with Gasteiger partial charge in [0.05, 0.1) is 81.4 Å². The fourth-order valence-corrected chi connectivity index (χ4v) is 15.9. The number of anilines is 2. The maximum atomic E-state index is 13.8. The van der Waals surface area contributed by atoms with E-state index in [0.29, 0.717) is 0 Å². The van der Waals surface area contributed by atoms with E-state index in [1.165, 1.54) is 13.8 Å². The number of halogens is 6. The number of carbonyl (C=O) groups is 6. The van der Waals surface area contributed by atoms with Crippen LogP contribution in [0.1, 0.15) is 107 Å². The van der Waals surface area contributed by atoms with Gasteiger partial charge in [0.25, 0.3) is 0 Å². The number of aliphatic hydroxyl groups is 9. The fourth-order valence-electron chi connectivity index (χ4n) is 6.04. The molecule has 0 heterocycles. The van der Waals surface area contributed by atoms with Crippen molar-refractivity contribution in [1.82, 2.24) is 0 Å². The second kappa shape index (κ2) is 27.8. The molecule has 0 aliphatic carbocycles. The van der Waals surface area contributed by atoms with Gasteiger partial charge in [-0.1, -0.05) is 0 Å². The van der Waals surface area contributed by atoms with Crippen molar-refractivity contribution in [2.24, 2.45) is 0 Å². The van der Waals surface area contributed by atoms with Crippen molar-refractivity contribution in [1.29, 1.82) is 0 Å². The molecular weight excluding hydrogens is 1500 g/mol. The summed E-state index contributed by atoms with van der Waals surface area (Å²) in [7, 11) is 0. The third kappa shape index (κ3) is 15.6. The molecule has 2 amide bonds. The van der Waals surface area contributed by atoms with Crippen LogP contribution in [0.25, 0.3) is 0 Å². The van der Waals surface area contributed by atoms with Crippen LogP contribution in [0.5, 0.6) is 0 Å². The maximum Gasteiger partial charge on any atom is 0.224 e. The molecule has 2 aromatic carbocycles. The monoisotopic (exact) mass is 1550 g/mol. The number of amides is 2. The second-order valence-corrected chi connectivity index (χ2v) is 20.7. The minimum atomic E-state index is -1.56. The highest BCUT2D eigenvalue weighted by Gasteiger charge is 2.35. The number of rotatable bonds is 26. The molecule has 0 radical (unpaired) electrons. The minimum Gasteiger partial charge on any atom is -0.394 e. The van der Waals surface area contributed by atoms with Crippen molar-refractivity contribution < 1.29 is 74.7 Å². The van der Waals surface area contributed by atoms with E-state index < -0.39 is 105 Å². The number of nitrogens with zero attached hydrogens (tertiary/aromatic N) is 2. The lowest BCUT2D eigenvalue weighted by atomic mass is 9.97. The molecule has 346 valence electrons. The summed E-state index contributed by atoms with van der Waals surface area (Å²) < 4.78 is 1.36. The molecule has 0 saturated carbocycles. The predicted octanol–water partition coefficient (Wildman–Crippen LogP) is 3.35. The van der Waals surface area contributed by atoms with E-state index >= 15 is 0 Å². The van der Waals surface area contributed by atoms with Crippen molar-refractivity contribution in [3.63, 3.8) is 0 Å². The molecule has 17 nitrogen and oxygen atoms in total. The molecule has 0 aliphatic heterocycles. The molecule has 0 fully saturated rings. The Hall–Kier alpha value is 0.0800. The smallest absolute Gasteiger partial charge is 0.224 e. The number of carbonyl (C=O) groups excluding carboxylic acids is 6. The molecule has 62 heavy (non-hydrogen) atoms. The van der Waals surface area contributed by atoms with E-state index in [9.17, 15) is 74.7 Å². The van der Waals surface area contributed by atoms with E-state index in [4.69, 9.17) is 0 Å². The highest BCUT2D eigenvalue weighted by Crippen LogP contribution is 2.42. The summed E-state index contributed by atoms with van der Waals surface area (Å²) in [5.41, 5.74) is 0.329. The van der Waals surface area contributed by atoms with Crippen LogP contribution in [-0.2, 0) is 9.59 Å². The second-order valence-electron chi connectivity index (χ2n) is 14.2. The molecule has 23 heteroatoms. The van der Waals surface area contributed by atoms with Gasteiger partial charge in [0.15, 0.2) is 23.1 Å². The van der Waals surface area contributed by atoms with E-state index in [2.05, 4.69) is 0 Å². The predicted molar refractivity (Wildman–Crippen MR) is 278 cm³/mol. The van der Waals surface area contributed by atoms with E-state index in [-0.39, 0.29) is 106 Å². The zero-order chi connectivity index (χ0) is 47.3. The lowest BCUT2D eigenvalue weighted by Crippen LogP contribution is -2.45. The van der Waals surface area contributed by atoms with Crippen LogP contribution in [-0.4, -0.2) is 151 Å². The number of aliphatic hydroxyl groups excluding tert-OH is 9. The zero-order valence-electron chi connectivity index (χ0n) is 33.4. The molecule has 9 N–H and O–H groups in total. The molecule has 2 aromatic rings. The molecule has 4 atom stereocenters. The molecular formula is C39H48I6N2O15. The Morgan fingerprint density at radius 3 is 0.790 bits per heavy atom. The summed E-state index contributed by atoms with van der Waals surface area (Å²) in [5, 5.41) is 89.2. The van der Waals surface area contributed by atoms with E-state index in [0.717, 1.165) is 9.80 Å². The lowest BCUT2D eigenvalue weighted by Gasteiger charge is -2.32. The Kier molecular flexibility index (Phi) is 26.1. The van der Waals surface area contributed by atoms with Crippen molar-refractivity contribution in [2.45, 2.75) is 95.7 Å². The highest BCUT2D eigenvalue weighted by atomic mass is 127. The zero-order valence-corrected chi connectivity index (χ0v) is 46.4. The average molecular weight is 1550 g/mol. The Balaban J connectivity index is 2.84. The number of hydrogen-bond donors (Lipinski definition) is 9. The number of Topliss-reactive ketones (excluding diaryl/α,β-unsaturated/α-hetero) is 4. The number of hydrogen-bond acceptors (Lipinski definition) is 15. The van der Waals surface area contributed by atoms with Crippen LogP contribution in [0.4, 0.5) is 11.4 Å². The number of benzene rings is 2. The SMILES string of the molecule is CC(=O)N(CC(O)CN(C(C)=O)c1c(I)c(C(=O)CCC(O)CO)c(I)c(C(=O)CCC(O)CO)c1I)c1c(I)c(C(=O)CCC(O)CO)c(I)c(C(=O)CCC(O)CO)c1I. The van der Waals surface area contributed by atoms with Gasteiger partial charge in [-0.25, -0.2) is 0 Å². The van der Waals surface area contributed by atoms with Crippen LogP contribution in [0, 0.1) is 21.4 Å². The van der Waals surface area contributed by atoms with Crippen LogP contribution in [0.2, 0.25) is 0 Å². The summed E-state index contributed by atoms with van der Waals surface area (Å²) in [5.74, 6) is -3.34. The van der Waals surface area contributed by atoms with Crippen molar-refractivity contribution in [3.05, 3.63) is 43.7 Å². The van der Waals surface area contributed by atoms with Gasteiger partial charge in [-0.2, -0.15) is 0 Å². The largest absolute Gasteiger partial charge is 0.394 e. The quantitative estimate of drug-likeness (QED) is 0.0482. The Labute approximate surface area is 440 Å². The van der Waals surface area contributed by atoms with Crippen LogP contribution >= 0.6 is 136 Å². The van der Waals surface area contributed by atoms with Gasteiger partial charge >= 0.3 is 0 Å². The first kappa shape index (κ1) is 58.2. The molecule has 0 spiro atoms. The van der Waals surface area contributed by atoms with Gasteiger partial charge in [0, 0.05) is 83.2 Å². The van der Waals surface area contributed by atoms with Gasteiger partial charge < -0.3 is 55.8 Å². The summed E-state index contributed by atoms with van der Waals surface area (Å²) in [6, 6.07) is 0. The molecule has 0 aliphatic rings. The Bertz CT molecular complexity index is 1740. The van der Waals surface area contributed by atoms with Gasteiger partial charge in [-0.05, 0) is 161 Å². The van der Waals surface area contributed by atoms with E-state index in [1.807, 2.05) is 136 Å². The van der Waals surface area contributed by atoms with Gasteiger partial charge in [0.1, 0.15) is 0 Å². The third-order valence-electron chi connectivity index (χ3n) is 9.45. The fraction of sp³-hybridized carbons (Fsp3) is 0.538. The van der Waals surface area contributed by atoms with Crippen molar-refractivity contribution in [3.8, 4) is 0 Å². The standard InChI is InChI=1S/C39H48I6N2O15/c1-17(52)46(38-34(42)28(24(59)7-3-19(54)13-48)32(40)29(35(38)43)25(60)8-4-20(55)14-49)11-23(58)12-47(18(2)53)39-36(44)30(26(61)9-5-21(56)15-50)33(41)31(37(39)45)27(62)10-6-22(57)16-51/h19-23,48-51,54-58H,3-16H2,1-2H3. The summed E-state index contributed by atoms with van der Waals surface area (Å²) in [4.78, 5) is 84.6. The average Bonchev–Trinajstić information content (AvgIpc) is 3.21. The Morgan fingerprint density at radius 2 is 0.613 bits per heavy atom. The van der Waals surface area contributed by atoms with Crippen molar-refractivity contribution >= 4 is 182 Å². The van der Waals surface area contributed by atoms with E-state index in [1.54, 1.807) is 0 Å². The lowest BCUT2D eigenvalue weighted by molar-refractivity contribution is -0.117. The van der Waals surface area contributed by atoms with Crippen LogP contribution < -0.4 is 9.80 Å². The third-order valence-corrected chi connectivity index (χ3v) is 15.8. The normalized spacial score (nSPS) is 13.9. The first-order valence-corrected chi connectivity index (χ1v) is 25.4. The first-order valence-electron chi connectivity index (χ1n) is 18.9. The maximum absolute atomic E-state index is 13.8. The van der Waals surface area contributed by atoms with Crippen LogP contribution in [0.3, 0.4) is 0 Å². The van der Waals surface area contributed by atoms with Gasteiger partial charge in [-0.15, -0.1) is 0 Å². The summed E-state index contributed by atoms with van der Waals surface area (Å²) in [6.07, 6.45) is -7.79. The Morgan fingerprint density at radius 1 is 0.403 bits per heavy atom. The van der Waals surface area contributed by atoms with Gasteiger partial charge in [0.2, 0.25) is 11.8 Å². The topological polar surface area (TPSA) is 291 Å². The molecule has 2 rings (SSSR count). The molecule has 0 bridgehead atoms. The molecule has 0 aromatic heterocycles. The highest BCUT2D eigenvalue weighted by molar-refractivity contribution is 14.1.